The topological polar surface area (TPSA) is 69.4 Å². The second kappa shape index (κ2) is 10.6. The fraction of sp³-hybridized carbons (Fsp3) is 0.464. The lowest BCUT2D eigenvalue weighted by molar-refractivity contribution is -0.132. The van der Waals surface area contributed by atoms with Crippen LogP contribution in [0.15, 0.2) is 65.5 Å². The predicted octanol–water partition coefficient (Wildman–Crippen LogP) is 3.95. The van der Waals surface area contributed by atoms with Gasteiger partial charge in [0.2, 0.25) is 5.91 Å². The Labute approximate surface area is 206 Å². The molecule has 1 unspecified atom stereocenters. The molecule has 184 valence electrons. The molecule has 0 spiro atoms. The van der Waals surface area contributed by atoms with Gasteiger partial charge >= 0.3 is 5.69 Å². The van der Waals surface area contributed by atoms with Crippen LogP contribution in [0.3, 0.4) is 0 Å². The van der Waals surface area contributed by atoms with Crippen LogP contribution in [-0.4, -0.2) is 52.0 Å². The molecule has 5 rings (SSSR count). The van der Waals surface area contributed by atoms with Gasteiger partial charge in [-0.2, -0.15) is 5.10 Å². The van der Waals surface area contributed by atoms with Crippen molar-refractivity contribution < 1.29 is 9.53 Å². The first-order chi connectivity index (χ1) is 17.2. The van der Waals surface area contributed by atoms with E-state index in [1.54, 1.807) is 11.8 Å². The highest BCUT2D eigenvalue weighted by molar-refractivity contribution is 5.78. The van der Waals surface area contributed by atoms with Crippen molar-refractivity contribution in [3.8, 4) is 0 Å². The highest BCUT2D eigenvalue weighted by Crippen LogP contribution is 2.37. The van der Waals surface area contributed by atoms with Gasteiger partial charge in [0.15, 0.2) is 0 Å². The summed E-state index contributed by atoms with van der Waals surface area (Å²) in [4.78, 5) is 28.6. The van der Waals surface area contributed by atoms with Crippen LogP contribution < -0.4 is 5.69 Å². The van der Waals surface area contributed by atoms with Crippen molar-refractivity contribution in [1.82, 2.24) is 19.2 Å². The molecule has 2 heterocycles. The standard InChI is InChI=1S/C28H34N4O3/c1-35-18-17-31-28(34)32(24-14-15-24)27(29-31)23-13-8-16-30(20-23)26(33)19-25(21-9-4-2-5-10-21)22-11-6-3-7-12-22/h2-7,9-12,23-25H,8,13-20H2,1H3. The number of carbonyl (C=O) groups is 1. The number of ether oxygens (including phenoxy) is 1. The maximum Gasteiger partial charge on any atom is 0.346 e. The monoisotopic (exact) mass is 474 g/mol. The van der Waals surface area contributed by atoms with Crippen LogP contribution in [0.25, 0.3) is 0 Å². The highest BCUT2D eigenvalue weighted by Gasteiger charge is 2.35. The summed E-state index contributed by atoms with van der Waals surface area (Å²) >= 11 is 0. The Kier molecular flexibility index (Phi) is 7.13. The lowest BCUT2D eigenvalue weighted by Crippen LogP contribution is -2.40. The Morgan fingerprint density at radius 2 is 1.69 bits per heavy atom. The number of amides is 1. The smallest absolute Gasteiger partial charge is 0.346 e. The molecule has 1 aliphatic heterocycles. The molecule has 1 amide bonds. The van der Waals surface area contributed by atoms with E-state index in [9.17, 15) is 9.59 Å². The van der Waals surface area contributed by atoms with Crippen LogP contribution in [0, 0.1) is 0 Å². The summed E-state index contributed by atoms with van der Waals surface area (Å²) in [6.07, 6.45) is 4.33. The predicted molar refractivity (Wildman–Crippen MR) is 135 cm³/mol. The fourth-order valence-electron chi connectivity index (χ4n) is 5.23. The SMILES string of the molecule is COCCn1nc(C2CCCN(C(=O)CC(c3ccccc3)c3ccccc3)C2)n(C2CC2)c1=O. The quantitative estimate of drug-likeness (QED) is 0.471. The molecule has 2 aromatic carbocycles. The molecule has 1 aromatic heterocycles. The summed E-state index contributed by atoms with van der Waals surface area (Å²) in [5, 5.41) is 4.73. The molecule has 2 fully saturated rings. The number of carbonyl (C=O) groups excluding carboxylic acids is 1. The van der Waals surface area contributed by atoms with Gasteiger partial charge in [0.25, 0.3) is 0 Å². The number of benzene rings is 2. The lowest BCUT2D eigenvalue weighted by atomic mass is 9.87. The summed E-state index contributed by atoms with van der Waals surface area (Å²) in [5.41, 5.74) is 2.26. The molecule has 3 aromatic rings. The largest absolute Gasteiger partial charge is 0.383 e. The molecule has 35 heavy (non-hydrogen) atoms. The van der Waals surface area contributed by atoms with Gasteiger partial charge in [0, 0.05) is 44.5 Å². The highest BCUT2D eigenvalue weighted by atomic mass is 16.5. The number of methoxy groups -OCH3 is 1. The second-order valence-electron chi connectivity index (χ2n) is 9.71. The van der Waals surface area contributed by atoms with Crippen LogP contribution in [0.4, 0.5) is 0 Å². The first-order valence-corrected chi connectivity index (χ1v) is 12.7. The van der Waals surface area contributed by atoms with E-state index in [1.807, 2.05) is 45.9 Å². The number of hydrogen-bond acceptors (Lipinski definition) is 4. The summed E-state index contributed by atoms with van der Waals surface area (Å²) < 4.78 is 8.60. The maximum atomic E-state index is 13.6. The van der Waals surface area contributed by atoms with Crippen molar-refractivity contribution in [1.29, 1.82) is 0 Å². The Balaban J connectivity index is 1.35. The fourth-order valence-corrected chi connectivity index (χ4v) is 5.23. The van der Waals surface area contributed by atoms with Crippen molar-refractivity contribution in [2.24, 2.45) is 0 Å². The van der Waals surface area contributed by atoms with Gasteiger partial charge in [0.05, 0.1) is 13.2 Å². The summed E-state index contributed by atoms with van der Waals surface area (Å²) in [6.45, 7) is 2.27. The Morgan fingerprint density at radius 3 is 2.29 bits per heavy atom. The zero-order chi connectivity index (χ0) is 24.2. The average Bonchev–Trinajstić information content (AvgIpc) is 3.69. The molecule has 0 radical (unpaired) electrons. The molecule has 1 atom stereocenters. The van der Waals surface area contributed by atoms with Crippen molar-refractivity contribution in [2.75, 3.05) is 26.8 Å². The summed E-state index contributed by atoms with van der Waals surface area (Å²) in [5.74, 6) is 1.10. The zero-order valence-electron chi connectivity index (χ0n) is 20.4. The Hall–Kier alpha value is -3.19. The van der Waals surface area contributed by atoms with E-state index < -0.39 is 0 Å². The molecule has 7 nitrogen and oxygen atoms in total. The van der Waals surface area contributed by atoms with E-state index in [-0.39, 0.29) is 29.5 Å². The zero-order valence-corrected chi connectivity index (χ0v) is 20.4. The van der Waals surface area contributed by atoms with Crippen molar-refractivity contribution in [3.63, 3.8) is 0 Å². The number of hydrogen-bond donors (Lipinski definition) is 0. The molecule has 1 saturated heterocycles. The van der Waals surface area contributed by atoms with Gasteiger partial charge in [-0.3, -0.25) is 9.36 Å². The summed E-state index contributed by atoms with van der Waals surface area (Å²) in [6, 6.07) is 20.8. The molecule has 0 N–H and O–H groups in total. The molecule has 0 bridgehead atoms. The molecule has 2 aliphatic rings. The molecular formula is C28H34N4O3. The Bertz CT molecular complexity index is 1140. The maximum absolute atomic E-state index is 13.6. The number of likely N-dealkylation sites (tertiary alicyclic amines) is 1. The first kappa shape index (κ1) is 23.5. The van der Waals surface area contributed by atoms with Gasteiger partial charge in [-0.15, -0.1) is 0 Å². The van der Waals surface area contributed by atoms with Gasteiger partial charge in [0.1, 0.15) is 5.82 Å². The van der Waals surface area contributed by atoms with E-state index in [2.05, 4.69) is 24.3 Å². The average molecular weight is 475 g/mol. The van der Waals surface area contributed by atoms with E-state index in [0.29, 0.717) is 26.1 Å². The van der Waals surface area contributed by atoms with E-state index >= 15 is 0 Å². The normalized spacial score (nSPS) is 18.2. The van der Waals surface area contributed by atoms with Crippen molar-refractivity contribution >= 4 is 5.91 Å². The van der Waals surface area contributed by atoms with Crippen molar-refractivity contribution in [2.45, 2.75) is 56.5 Å². The number of rotatable bonds is 9. The molecular weight excluding hydrogens is 440 g/mol. The third-order valence-corrected chi connectivity index (χ3v) is 7.24. The van der Waals surface area contributed by atoms with Crippen LogP contribution in [-0.2, 0) is 16.1 Å². The van der Waals surface area contributed by atoms with Crippen LogP contribution >= 0.6 is 0 Å². The lowest BCUT2D eigenvalue weighted by Gasteiger charge is -2.33. The van der Waals surface area contributed by atoms with E-state index in [1.165, 1.54) is 0 Å². The molecule has 1 aliphatic carbocycles. The molecule has 1 saturated carbocycles. The van der Waals surface area contributed by atoms with Gasteiger partial charge < -0.3 is 9.64 Å². The van der Waals surface area contributed by atoms with Crippen LogP contribution in [0.2, 0.25) is 0 Å². The van der Waals surface area contributed by atoms with E-state index in [4.69, 9.17) is 9.84 Å². The van der Waals surface area contributed by atoms with E-state index in [0.717, 1.165) is 49.2 Å². The third kappa shape index (κ3) is 5.25. The van der Waals surface area contributed by atoms with Gasteiger partial charge in [-0.1, -0.05) is 60.7 Å². The van der Waals surface area contributed by atoms with Crippen LogP contribution in [0.1, 0.15) is 66.9 Å². The van der Waals surface area contributed by atoms with Crippen LogP contribution in [0.5, 0.6) is 0 Å². The number of aromatic nitrogens is 3. The summed E-state index contributed by atoms with van der Waals surface area (Å²) in [7, 11) is 1.63. The van der Waals surface area contributed by atoms with Gasteiger partial charge in [-0.25, -0.2) is 9.48 Å². The number of nitrogens with zero attached hydrogens (tertiary/aromatic N) is 4. The van der Waals surface area contributed by atoms with Crippen molar-refractivity contribution in [3.05, 3.63) is 88.1 Å². The number of piperidine rings is 1. The van der Waals surface area contributed by atoms with Gasteiger partial charge in [-0.05, 0) is 36.8 Å². The molecule has 7 heteroatoms. The first-order valence-electron chi connectivity index (χ1n) is 12.7. The minimum Gasteiger partial charge on any atom is -0.383 e. The second-order valence-corrected chi connectivity index (χ2v) is 9.71. The Morgan fingerprint density at radius 1 is 1.03 bits per heavy atom. The minimum atomic E-state index is -0.0452. The minimum absolute atomic E-state index is 0.0168. The third-order valence-electron chi connectivity index (χ3n) is 7.24.